The van der Waals surface area contributed by atoms with E-state index in [4.69, 9.17) is 58.5 Å². The number of benzene rings is 2. The third kappa shape index (κ3) is 10.6. The van der Waals surface area contributed by atoms with Crippen molar-refractivity contribution in [3.8, 4) is 0 Å². The van der Waals surface area contributed by atoms with Crippen LogP contribution in [0.15, 0.2) is 48.5 Å². The quantitative estimate of drug-likeness (QED) is 0.0990. The zero-order valence-corrected chi connectivity index (χ0v) is 23.9. The standard InChI is InChI=1S/C24H26Cl2N2O4S4/c25-17-5-1-15(2-6-17)21(33)9-11-28(12-10-22(34)16-3-7-18(26)8-4-16)20(24(31)32)14-36-35-13-19(27)23(29)30/h1-8,19-20H,9-14,27H2,(H,29,30)(H,31,32)/t19?,20-/m0/s1. The van der Waals surface area contributed by atoms with Gasteiger partial charge in [0, 0.05) is 44.4 Å². The third-order valence-electron chi connectivity index (χ3n) is 5.18. The summed E-state index contributed by atoms with van der Waals surface area (Å²) in [5, 5.41) is 20.2. The van der Waals surface area contributed by atoms with E-state index in [9.17, 15) is 14.7 Å². The number of thiocarbonyl (C=S) groups is 2. The fourth-order valence-corrected chi connectivity index (χ4v) is 6.19. The molecule has 2 aromatic carbocycles. The van der Waals surface area contributed by atoms with Gasteiger partial charge in [0.1, 0.15) is 12.1 Å². The lowest BCUT2D eigenvalue weighted by atomic mass is 10.1. The van der Waals surface area contributed by atoms with Gasteiger partial charge < -0.3 is 15.9 Å². The average Bonchev–Trinajstić information content (AvgIpc) is 2.84. The first kappa shape index (κ1) is 31.0. The van der Waals surface area contributed by atoms with Gasteiger partial charge in [0.2, 0.25) is 0 Å². The largest absolute Gasteiger partial charge is 0.480 e. The zero-order chi connectivity index (χ0) is 26.7. The molecule has 0 radical (unpaired) electrons. The Hall–Kier alpha value is -1.24. The van der Waals surface area contributed by atoms with E-state index in [1.807, 2.05) is 29.2 Å². The van der Waals surface area contributed by atoms with Gasteiger partial charge in [0.25, 0.3) is 0 Å². The lowest BCUT2D eigenvalue weighted by Gasteiger charge is -2.29. The molecule has 1 unspecified atom stereocenters. The fourth-order valence-electron chi connectivity index (χ4n) is 3.11. The number of carboxylic acid groups (broad SMARTS) is 2. The Morgan fingerprint density at radius 3 is 1.61 bits per heavy atom. The Bertz CT molecular complexity index is 994. The molecular formula is C24H26Cl2N2O4S4. The third-order valence-corrected chi connectivity index (χ3v) is 9.00. The molecule has 0 spiro atoms. The van der Waals surface area contributed by atoms with Crippen molar-refractivity contribution in [2.45, 2.75) is 24.9 Å². The van der Waals surface area contributed by atoms with Gasteiger partial charge in [-0.2, -0.15) is 0 Å². The predicted octanol–water partition coefficient (Wildman–Crippen LogP) is 5.46. The summed E-state index contributed by atoms with van der Waals surface area (Å²) in [5.74, 6) is -1.65. The summed E-state index contributed by atoms with van der Waals surface area (Å²) in [6, 6.07) is 12.6. The van der Waals surface area contributed by atoms with E-state index in [1.165, 1.54) is 21.6 Å². The summed E-state index contributed by atoms with van der Waals surface area (Å²) in [4.78, 5) is 26.4. The Morgan fingerprint density at radius 1 is 0.806 bits per heavy atom. The maximum absolute atomic E-state index is 12.2. The summed E-state index contributed by atoms with van der Waals surface area (Å²) in [6.45, 7) is 0.836. The van der Waals surface area contributed by atoms with Crippen LogP contribution in [0.5, 0.6) is 0 Å². The Kier molecular flexibility index (Phi) is 13.7. The number of nitrogens with two attached hydrogens (primary N) is 1. The molecule has 2 aromatic rings. The summed E-state index contributed by atoms with van der Waals surface area (Å²) in [7, 11) is 2.53. The fraction of sp³-hybridized carbons (Fsp3) is 0.333. The van der Waals surface area contributed by atoms with E-state index in [0.717, 1.165) is 11.1 Å². The molecule has 4 N–H and O–H groups in total. The average molecular weight is 606 g/mol. The Balaban J connectivity index is 2.08. The maximum atomic E-state index is 12.2. The molecule has 36 heavy (non-hydrogen) atoms. The van der Waals surface area contributed by atoms with E-state index < -0.39 is 24.0 Å². The van der Waals surface area contributed by atoms with Crippen molar-refractivity contribution in [1.29, 1.82) is 0 Å². The van der Waals surface area contributed by atoms with Gasteiger partial charge in [-0.1, -0.05) is 93.5 Å². The van der Waals surface area contributed by atoms with E-state index in [2.05, 4.69) is 0 Å². The second-order valence-electron chi connectivity index (χ2n) is 7.76. The summed E-state index contributed by atoms with van der Waals surface area (Å²) >= 11 is 23.1. The van der Waals surface area contributed by atoms with Crippen LogP contribution in [0.25, 0.3) is 0 Å². The van der Waals surface area contributed by atoms with E-state index in [-0.39, 0.29) is 11.5 Å². The van der Waals surface area contributed by atoms with E-state index in [0.29, 0.717) is 45.7 Å². The summed E-state index contributed by atoms with van der Waals surface area (Å²) in [5.41, 5.74) is 7.27. The summed E-state index contributed by atoms with van der Waals surface area (Å²) in [6.07, 6.45) is 0.965. The molecule has 2 rings (SSSR count). The monoisotopic (exact) mass is 604 g/mol. The highest BCUT2D eigenvalue weighted by Gasteiger charge is 2.26. The Labute approximate surface area is 239 Å². The number of hydrogen-bond acceptors (Lipinski definition) is 8. The van der Waals surface area contributed by atoms with Crippen LogP contribution in [0, 0.1) is 0 Å². The van der Waals surface area contributed by atoms with Crippen LogP contribution in [0.4, 0.5) is 0 Å². The SMILES string of the molecule is NC(CSSC[C@@H](C(=O)O)N(CCC(=S)c1ccc(Cl)cc1)CCC(=S)c1ccc(Cl)cc1)C(=O)O. The first-order valence-electron chi connectivity index (χ1n) is 10.9. The molecule has 6 nitrogen and oxygen atoms in total. The van der Waals surface area contributed by atoms with Crippen molar-refractivity contribution >= 4 is 90.9 Å². The molecule has 0 aliphatic heterocycles. The molecule has 0 aliphatic rings. The van der Waals surface area contributed by atoms with Crippen LogP contribution in [0.2, 0.25) is 10.0 Å². The van der Waals surface area contributed by atoms with Crippen LogP contribution in [0.3, 0.4) is 0 Å². The topological polar surface area (TPSA) is 104 Å². The van der Waals surface area contributed by atoms with Gasteiger partial charge in [0.15, 0.2) is 0 Å². The molecule has 0 amide bonds. The number of rotatable bonds is 16. The van der Waals surface area contributed by atoms with Gasteiger partial charge in [-0.05, 0) is 48.2 Å². The number of carboxylic acids is 2. The van der Waals surface area contributed by atoms with Crippen LogP contribution in [-0.2, 0) is 9.59 Å². The van der Waals surface area contributed by atoms with Crippen molar-refractivity contribution in [2.24, 2.45) is 5.73 Å². The molecule has 0 heterocycles. The highest BCUT2D eigenvalue weighted by Crippen LogP contribution is 2.25. The highest BCUT2D eigenvalue weighted by molar-refractivity contribution is 8.76. The highest BCUT2D eigenvalue weighted by atomic mass is 35.5. The molecule has 0 aliphatic carbocycles. The van der Waals surface area contributed by atoms with Crippen LogP contribution < -0.4 is 5.73 Å². The minimum Gasteiger partial charge on any atom is -0.480 e. The number of aliphatic carboxylic acids is 2. The molecule has 0 saturated heterocycles. The number of hydrogen-bond donors (Lipinski definition) is 3. The lowest BCUT2D eigenvalue weighted by molar-refractivity contribution is -0.142. The van der Waals surface area contributed by atoms with Crippen LogP contribution >= 0.6 is 69.2 Å². The first-order valence-corrected chi connectivity index (χ1v) is 14.9. The Morgan fingerprint density at radius 2 is 1.22 bits per heavy atom. The molecule has 2 atom stereocenters. The first-order chi connectivity index (χ1) is 17.1. The maximum Gasteiger partial charge on any atom is 0.321 e. The van der Waals surface area contributed by atoms with Gasteiger partial charge in [0.05, 0.1) is 0 Å². The van der Waals surface area contributed by atoms with Gasteiger partial charge in [-0.15, -0.1) is 0 Å². The van der Waals surface area contributed by atoms with Crippen molar-refractivity contribution < 1.29 is 19.8 Å². The van der Waals surface area contributed by atoms with Crippen molar-refractivity contribution in [3.05, 3.63) is 69.7 Å². The zero-order valence-electron chi connectivity index (χ0n) is 19.1. The smallest absolute Gasteiger partial charge is 0.321 e. The minimum absolute atomic E-state index is 0.174. The van der Waals surface area contributed by atoms with E-state index in [1.54, 1.807) is 24.3 Å². The second-order valence-corrected chi connectivity index (χ2v) is 12.2. The van der Waals surface area contributed by atoms with Crippen LogP contribution in [-0.4, -0.2) is 73.5 Å². The summed E-state index contributed by atoms with van der Waals surface area (Å²) < 4.78 is 0. The minimum atomic E-state index is -1.09. The lowest BCUT2D eigenvalue weighted by Crippen LogP contribution is -2.45. The molecular weight excluding hydrogens is 579 g/mol. The van der Waals surface area contributed by atoms with Gasteiger partial charge >= 0.3 is 11.9 Å². The van der Waals surface area contributed by atoms with Gasteiger partial charge in [-0.25, -0.2) is 0 Å². The predicted molar refractivity (Wildman–Crippen MR) is 159 cm³/mol. The van der Waals surface area contributed by atoms with Crippen molar-refractivity contribution in [3.63, 3.8) is 0 Å². The molecule has 0 bridgehead atoms. The molecule has 194 valence electrons. The van der Waals surface area contributed by atoms with Crippen molar-refractivity contribution in [2.75, 3.05) is 24.6 Å². The van der Waals surface area contributed by atoms with Crippen LogP contribution in [0.1, 0.15) is 24.0 Å². The molecule has 0 saturated carbocycles. The van der Waals surface area contributed by atoms with Crippen molar-refractivity contribution in [1.82, 2.24) is 4.90 Å². The number of nitrogens with zero attached hydrogens (tertiary/aromatic N) is 1. The van der Waals surface area contributed by atoms with Gasteiger partial charge in [-0.3, -0.25) is 14.5 Å². The molecule has 12 heteroatoms. The number of halogens is 2. The molecule has 0 fully saturated rings. The second kappa shape index (κ2) is 15.9. The van der Waals surface area contributed by atoms with E-state index >= 15 is 0 Å². The number of carbonyl (C=O) groups is 2. The molecule has 0 aromatic heterocycles. The normalized spacial score (nSPS) is 12.8.